The molecule has 0 heterocycles. The minimum Gasteiger partial charge on any atom is -0.374 e. The molecule has 18 heavy (non-hydrogen) atoms. The van der Waals surface area contributed by atoms with Crippen LogP contribution in [0, 0.1) is 16.0 Å². The Morgan fingerprint density at radius 2 is 2.06 bits per heavy atom. The van der Waals surface area contributed by atoms with Crippen LogP contribution in [-0.4, -0.2) is 30.0 Å². The fraction of sp³-hybridized carbons (Fsp3) is 0.923. The van der Waals surface area contributed by atoms with Crippen molar-refractivity contribution >= 4 is 5.78 Å². The highest BCUT2D eigenvalue weighted by Crippen LogP contribution is 2.30. The molecule has 1 aliphatic carbocycles. The zero-order chi connectivity index (χ0) is 13.5. The molecular weight excluding hydrogens is 234 g/mol. The van der Waals surface area contributed by atoms with Gasteiger partial charge in [-0.1, -0.05) is 32.6 Å². The lowest BCUT2D eigenvalue weighted by Crippen LogP contribution is -2.47. The van der Waals surface area contributed by atoms with Crippen LogP contribution in [0.15, 0.2) is 0 Å². The van der Waals surface area contributed by atoms with Crippen molar-refractivity contribution in [3.8, 4) is 0 Å². The summed E-state index contributed by atoms with van der Waals surface area (Å²) >= 11 is 0. The molecule has 0 aromatic rings. The van der Waals surface area contributed by atoms with E-state index in [-0.39, 0.29) is 23.0 Å². The summed E-state index contributed by atoms with van der Waals surface area (Å²) in [5.41, 5.74) is 0. The molecule has 5 nitrogen and oxygen atoms in total. The Morgan fingerprint density at radius 1 is 1.33 bits per heavy atom. The highest BCUT2D eigenvalue weighted by molar-refractivity contribution is 5.80. The van der Waals surface area contributed by atoms with Gasteiger partial charge in [-0.25, -0.2) is 0 Å². The lowest BCUT2D eigenvalue weighted by molar-refractivity contribution is -0.546. The van der Waals surface area contributed by atoms with Crippen molar-refractivity contribution in [3.63, 3.8) is 0 Å². The summed E-state index contributed by atoms with van der Waals surface area (Å²) in [5.74, 6) is -0.0523. The number of carbonyl (C=O) groups excluding carboxylic acids is 1. The maximum absolute atomic E-state index is 11.6. The summed E-state index contributed by atoms with van der Waals surface area (Å²) in [7, 11) is 1.45. The van der Waals surface area contributed by atoms with Gasteiger partial charge in [0.1, 0.15) is 11.9 Å². The summed E-state index contributed by atoms with van der Waals surface area (Å²) in [4.78, 5) is 22.5. The van der Waals surface area contributed by atoms with Gasteiger partial charge in [0.05, 0.1) is 0 Å². The fourth-order valence-electron chi connectivity index (χ4n) is 2.78. The second-order valence-electron chi connectivity index (χ2n) is 5.11. The monoisotopic (exact) mass is 257 g/mol. The van der Waals surface area contributed by atoms with Crippen LogP contribution in [0.4, 0.5) is 0 Å². The molecule has 0 amide bonds. The summed E-state index contributed by atoms with van der Waals surface area (Å²) in [5, 5.41) is 11.1. The quantitative estimate of drug-likeness (QED) is 0.399. The largest absolute Gasteiger partial charge is 0.374 e. The van der Waals surface area contributed by atoms with Gasteiger partial charge in [0.25, 0.3) is 0 Å². The Labute approximate surface area is 108 Å². The molecule has 0 aliphatic heterocycles. The molecule has 0 spiro atoms. The van der Waals surface area contributed by atoms with E-state index in [2.05, 4.69) is 6.92 Å². The van der Waals surface area contributed by atoms with Gasteiger partial charge in [-0.15, -0.1) is 0 Å². The highest BCUT2D eigenvalue weighted by atomic mass is 16.6. The van der Waals surface area contributed by atoms with Gasteiger partial charge in [-0.05, 0) is 6.42 Å². The molecule has 0 radical (unpaired) electrons. The molecule has 0 unspecified atom stereocenters. The van der Waals surface area contributed by atoms with E-state index in [0.29, 0.717) is 6.42 Å². The van der Waals surface area contributed by atoms with Gasteiger partial charge < -0.3 is 4.74 Å². The molecule has 1 aliphatic rings. The summed E-state index contributed by atoms with van der Waals surface area (Å²) in [6, 6.07) is -0.714. The number of rotatable bonds is 7. The third kappa shape index (κ3) is 4.05. The Kier molecular flexibility index (Phi) is 6.25. The van der Waals surface area contributed by atoms with Crippen molar-refractivity contribution in [1.29, 1.82) is 0 Å². The van der Waals surface area contributed by atoms with E-state index in [4.69, 9.17) is 4.74 Å². The minimum atomic E-state index is -0.714. The number of hydrogen-bond acceptors (Lipinski definition) is 4. The van der Waals surface area contributed by atoms with Crippen LogP contribution in [0.1, 0.15) is 51.9 Å². The average molecular weight is 257 g/mol. The average Bonchev–Trinajstić information content (AvgIpc) is 2.33. The number of nitro groups is 1. The van der Waals surface area contributed by atoms with Gasteiger partial charge >= 0.3 is 0 Å². The Balaban J connectivity index is 2.59. The molecule has 5 heteroatoms. The number of ether oxygens (including phenoxy) is 1. The first-order chi connectivity index (χ1) is 8.60. The third-order valence-corrected chi connectivity index (χ3v) is 3.76. The normalized spacial score (nSPS) is 28.3. The molecule has 104 valence electrons. The number of Topliss-reactive ketones (excluding diaryl/α,β-unsaturated/α-hetero) is 1. The first-order valence-corrected chi connectivity index (χ1v) is 6.78. The van der Waals surface area contributed by atoms with E-state index in [0.717, 1.165) is 32.1 Å². The molecule has 1 rings (SSSR count). The number of carbonyl (C=O) groups is 1. The first kappa shape index (κ1) is 15.1. The lowest BCUT2D eigenvalue weighted by Gasteiger charge is -2.30. The van der Waals surface area contributed by atoms with Crippen molar-refractivity contribution in [1.82, 2.24) is 0 Å². The van der Waals surface area contributed by atoms with Crippen LogP contribution in [0.5, 0.6) is 0 Å². The van der Waals surface area contributed by atoms with Crippen LogP contribution in [-0.2, 0) is 9.53 Å². The van der Waals surface area contributed by atoms with Crippen molar-refractivity contribution in [2.24, 2.45) is 5.92 Å². The molecule has 1 saturated carbocycles. The molecule has 1 fully saturated rings. The number of hydrogen-bond donors (Lipinski definition) is 0. The Bertz CT molecular complexity index is 293. The number of unbranched alkanes of at least 4 members (excludes halogenated alkanes) is 3. The molecule has 0 bridgehead atoms. The van der Waals surface area contributed by atoms with E-state index in [1.807, 2.05) is 0 Å². The van der Waals surface area contributed by atoms with Crippen LogP contribution in [0.25, 0.3) is 0 Å². The molecule has 0 N–H and O–H groups in total. The van der Waals surface area contributed by atoms with Gasteiger partial charge in [0.2, 0.25) is 6.04 Å². The molecule has 3 atom stereocenters. The lowest BCUT2D eigenvalue weighted by atomic mass is 9.79. The summed E-state index contributed by atoms with van der Waals surface area (Å²) in [6.07, 6.45) is 5.09. The van der Waals surface area contributed by atoms with Gasteiger partial charge in [-0.3, -0.25) is 14.9 Å². The maximum atomic E-state index is 11.6. The van der Waals surface area contributed by atoms with Crippen LogP contribution in [0.2, 0.25) is 0 Å². The van der Waals surface area contributed by atoms with Crippen LogP contribution >= 0.6 is 0 Å². The fourth-order valence-corrected chi connectivity index (χ4v) is 2.78. The summed E-state index contributed by atoms with van der Waals surface area (Å²) < 4.78 is 5.13. The van der Waals surface area contributed by atoms with E-state index in [1.54, 1.807) is 0 Å². The van der Waals surface area contributed by atoms with Gasteiger partial charge in [-0.2, -0.15) is 0 Å². The van der Waals surface area contributed by atoms with Crippen LogP contribution < -0.4 is 0 Å². The zero-order valence-corrected chi connectivity index (χ0v) is 11.3. The van der Waals surface area contributed by atoms with E-state index < -0.39 is 12.1 Å². The Hall–Kier alpha value is -0.970. The molecule has 0 saturated heterocycles. The standard InChI is InChI=1S/C13H23NO4/c1-3-4-5-6-7-10-8-11(15)9-12(18-2)13(10)14(16)17/h10,12-13H,3-9H2,1-2H3/t10-,12+,13+/m1/s1. The second-order valence-corrected chi connectivity index (χ2v) is 5.11. The number of methoxy groups -OCH3 is 1. The summed E-state index contributed by atoms with van der Waals surface area (Å²) in [6.45, 7) is 2.13. The van der Waals surface area contributed by atoms with Crippen molar-refractivity contribution < 1.29 is 14.5 Å². The SMILES string of the molecule is CCCCCC[C@@H]1CC(=O)C[C@H](OC)[C@H]1[N+](=O)[O-]. The van der Waals surface area contributed by atoms with Crippen molar-refractivity contribution in [3.05, 3.63) is 10.1 Å². The zero-order valence-electron chi connectivity index (χ0n) is 11.3. The first-order valence-electron chi connectivity index (χ1n) is 6.78. The van der Waals surface area contributed by atoms with E-state index in [9.17, 15) is 14.9 Å². The van der Waals surface area contributed by atoms with E-state index >= 15 is 0 Å². The van der Waals surface area contributed by atoms with Gasteiger partial charge in [0.15, 0.2) is 0 Å². The molecule has 0 aromatic carbocycles. The molecular formula is C13H23NO4. The van der Waals surface area contributed by atoms with Crippen molar-refractivity contribution in [2.45, 2.75) is 64.0 Å². The topological polar surface area (TPSA) is 69.4 Å². The molecule has 0 aromatic heterocycles. The highest BCUT2D eigenvalue weighted by Gasteiger charge is 2.44. The predicted molar refractivity (Wildman–Crippen MR) is 68.1 cm³/mol. The number of ketones is 1. The smallest absolute Gasteiger partial charge is 0.242 e. The third-order valence-electron chi connectivity index (χ3n) is 3.76. The minimum absolute atomic E-state index is 0.0976. The predicted octanol–water partition coefficient (Wildman–Crippen LogP) is 2.60. The van der Waals surface area contributed by atoms with E-state index in [1.165, 1.54) is 7.11 Å². The Morgan fingerprint density at radius 3 is 2.61 bits per heavy atom. The van der Waals surface area contributed by atoms with Crippen molar-refractivity contribution in [2.75, 3.05) is 7.11 Å². The maximum Gasteiger partial charge on any atom is 0.242 e. The second kappa shape index (κ2) is 7.46. The number of nitrogens with zero attached hydrogens (tertiary/aromatic N) is 1. The van der Waals surface area contributed by atoms with Crippen LogP contribution in [0.3, 0.4) is 0 Å². The van der Waals surface area contributed by atoms with Gasteiger partial charge in [0, 0.05) is 30.8 Å².